The van der Waals surface area contributed by atoms with Crippen LogP contribution in [0.4, 0.5) is 0 Å². The van der Waals surface area contributed by atoms with Crippen LogP contribution >= 0.6 is 0 Å². The molecule has 0 aromatic heterocycles. The van der Waals surface area contributed by atoms with Gasteiger partial charge in [0.1, 0.15) is 0 Å². The summed E-state index contributed by atoms with van der Waals surface area (Å²) in [5.74, 6) is 0. The first-order valence-electron chi connectivity index (χ1n) is 7.55. The van der Waals surface area contributed by atoms with E-state index in [1.165, 1.54) is 49.7 Å². The molecule has 1 nitrogen and oxygen atoms in total. The molecule has 1 atom stereocenters. The number of unbranched alkanes of at least 4 members (excludes halogenated alkanes) is 3. The Labute approximate surface area is 113 Å². The van der Waals surface area contributed by atoms with E-state index in [9.17, 15) is 0 Å². The average Bonchev–Trinajstić information content (AvgIpc) is 2.37. The van der Waals surface area contributed by atoms with Crippen LogP contribution in [0, 0.1) is 6.92 Å². The van der Waals surface area contributed by atoms with Crippen molar-refractivity contribution < 1.29 is 0 Å². The summed E-state index contributed by atoms with van der Waals surface area (Å²) >= 11 is 0. The van der Waals surface area contributed by atoms with Crippen molar-refractivity contribution >= 4 is 0 Å². The van der Waals surface area contributed by atoms with E-state index in [4.69, 9.17) is 0 Å². The zero-order chi connectivity index (χ0) is 13.2. The van der Waals surface area contributed by atoms with Gasteiger partial charge in [0, 0.05) is 6.04 Å². The maximum Gasteiger partial charge on any atom is 0.0107 e. The topological polar surface area (TPSA) is 12.0 Å². The third kappa shape index (κ3) is 5.68. The fraction of sp³-hybridized carbons (Fsp3) is 0.647. The van der Waals surface area contributed by atoms with Gasteiger partial charge in [-0.3, -0.25) is 0 Å². The standard InChI is InChI=1S/C17H29N/c1-4-6-7-8-13-17(18-5-2)14-16-12-10-9-11-15(16)3/h9-12,17-18H,4-8,13-14H2,1-3H3. The van der Waals surface area contributed by atoms with E-state index in [1.54, 1.807) is 0 Å². The second kappa shape index (κ2) is 9.16. The number of aryl methyl sites for hydroxylation is 1. The monoisotopic (exact) mass is 247 g/mol. The Bertz CT molecular complexity index is 319. The highest BCUT2D eigenvalue weighted by Crippen LogP contribution is 2.14. The number of rotatable bonds is 9. The fourth-order valence-corrected chi connectivity index (χ4v) is 2.49. The van der Waals surface area contributed by atoms with Gasteiger partial charge in [-0.15, -0.1) is 0 Å². The van der Waals surface area contributed by atoms with E-state index < -0.39 is 0 Å². The van der Waals surface area contributed by atoms with Crippen LogP contribution in [0.5, 0.6) is 0 Å². The van der Waals surface area contributed by atoms with Gasteiger partial charge in [-0.25, -0.2) is 0 Å². The van der Waals surface area contributed by atoms with Gasteiger partial charge in [0.05, 0.1) is 0 Å². The second-order valence-corrected chi connectivity index (χ2v) is 5.23. The van der Waals surface area contributed by atoms with E-state index >= 15 is 0 Å². The minimum Gasteiger partial charge on any atom is -0.314 e. The number of likely N-dealkylation sites (N-methyl/N-ethyl adjacent to an activating group) is 1. The van der Waals surface area contributed by atoms with Gasteiger partial charge in [-0.1, -0.05) is 63.8 Å². The average molecular weight is 247 g/mol. The lowest BCUT2D eigenvalue weighted by atomic mass is 9.97. The highest BCUT2D eigenvalue weighted by molar-refractivity contribution is 5.26. The zero-order valence-electron chi connectivity index (χ0n) is 12.3. The summed E-state index contributed by atoms with van der Waals surface area (Å²) in [7, 11) is 0. The minimum atomic E-state index is 0.646. The molecule has 0 saturated carbocycles. The van der Waals surface area contributed by atoms with Crippen molar-refractivity contribution in [3.8, 4) is 0 Å². The quantitative estimate of drug-likeness (QED) is 0.634. The summed E-state index contributed by atoms with van der Waals surface area (Å²) in [5, 5.41) is 3.64. The Morgan fingerprint density at radius 1 is 1.06 bits per heavy atom. The summed E-state index contributed by atoms with van der Waals surface area (Å²) in [5.41, 5.74) is 2.92. The first-order valence-corrected chi connectivity index (χ1v) is 7.55. The summed E-state index contributed by atoms with van der Waals surface area (Å²) in [4.78, 5) is 0. The third-order valence-corrected chi connectivity index (χ3v) is 3.63. The van der Waals surface area contributed by atoms with Crippen molar-refractivity contribution in [2.45, 2.75) is 65.3 Å². The number of hydrogen-bond donors (Lipinski definition) is 1. The second-order valence-electron chi connectivity index (χ2n) is 5.23. The van der Waals surface area contributed by atoms with E-state index in [0.29, 0.717) is 6.04 Å². The lowest BCUT2D eigenvalue weighted by Crippen LogP contribution is -2.31. The minimum absolute atomic E-state index is 0.646. The van der Waals surface area contributed by atoms with Gasteiger partial charge in [-0.05, 0) is 37.4 Å². The summed E-state index contributed by atoms with van der Waals surface area (Å²) in [6, 6.07) is 9.42. The molecule has 102 valence electrons. The number of benzene rings is 1. The molecule has 18 heavy (non-hydrogen) atoms. The molecule has 1 aromatic rings. The molecule has 0 bridgehead atoms. The summed E-state index contributed by atoms with van der Waals surface area (Å²) in [6.45, 7) is 7.77. The highest BCUT2D eigenvalue weighted by Gasteiger charge is 2.09. The SMILES string of the molecule is CCCCCCC(Cc1ccccc1C)NCC. The van der Waals surface area contributed by atoms with Crippen LogP contribution in [0.1, 0.15) is 57.1 Å². The molecule has 0 spiro atoms. The molecule has 0 saturated heterocycles. The Kier molecular flexibility index (Phi) is 7.75. The van der Waals surface area contributed by atoms with Crippen molar-refractivity contribution in [2.24, 2.45) is 0 Å². The Hall–Kier alpha value is -0.820. The molecule has 1 rings (SSSR count). The Balaban J connectivity index is 2.44. The largest absolute Gasteiger partial charge is 0.314 e. The summed E-state index contributed by atoms with van der Waals surface area (Å²) < 4.78 is 0. The van der Waals surface area contributed by atoms with Crippen LogP contribution in [0.3, 0.4) is 0 Å². The molecular weight excluding hydrogens is 218 g/mol. The van der Waals surface area contributed by atoms with Crippen molar-refractivity contribution in [2.75, 3.05) is 6.54 Å². The van der Waals surface area contributed by atoms with Gasteiger partial charge in [0.15, 0.2) is 0 Å². The van der Waals surface area contributed by atoms with E-state index in [2.05, 4.69) is 50.4 Å². The molecule has 1 unspecified atom stereocenters. The fourth-order valence-electron chi connectivity index (χ4n) is 2.49. The normalized spacial score (nSPS) is 12.6. The van der Waals surface area contributed by atoms with Crippen LogP contribution in [-0.2, 0) is 6.42 Å². The highest BCUT2D eigenvalue weighted by atomic mass is 14.9. The van der Waals surface area contributed by atoms with Gasteiger partial charge >= 0.3 is 0 Å². The number of nitrogens with one attached hydrogen (secondary N) is 1. The molecule has 1 N–H and O–H groups in total. The maximum absolute atomic E-state index is 3.64. The van der Waals surface area contributed by atoms with Crippen LogP contribution in [0.25, 0.3) is 0 Å². The van der Waals surface area contributed by atoms with Gasteiger partial charge in [0.2, 0.25) is 0 Å². The van der Waals surface area contributed by atoms with Gasteiger partial charge < -0.3 is 5.32 Å². The summed E-state index contributed by atoms with van der Waals surface area (Å²) in [6.07, 6.45) is 7.92. The van der Waals surface area contributed by atoms with Crippen molar-refractivity contribution in [1.29, 1.82) is 0 Å². The predicted octanol–water partition coefficient (Wildman–Crippen LogP) is 4.49. The van der Waals surface area contributed by atoms with Crippen molar-refractivity contribution in [3.05, 3.63) is 35.4 Å². The van der Waals surface area contributed by atoms with Gasteiger partial charge in [-0.2, -0.15) is 0 Å². The van der Waals surface area contributed by atoms with Crippen LogP contribution in [-0.4, -0.2) is 12.6 Å². The first-order chi connectivity index (χ1) is 8.77. The molecule has 0 aliphatic carbocycles. The van der Waals surface area contributed by atoms with E-state index in [-0.39, 0.29) is 0 Å². The third-order valence-electron chi connectivity index (χ3n) is 3.63. The molecule has 0 radical (unpaired) electrons. The molecule has 0 amide bonds. The van der Waals surface area contributed by atoms with Crippen molar-refractivity contribution in [1.82, 2.24) is 5.32 Å². The van der Waals surface area contributed by atoms with E-state index in [0.717, 1.165) is 6.54 Å². The van der Waals surface area contributed by atoms with Crippen LogP contribution < -0.4 is 5.32 Å². The number of hydrogen-bond acceptors (Lipinski definition) is 1. The molecule has 0 aliphatic heterocycles. The first kappa shape index (κ1) is 15.2. The van der Waals surface area contributed by atoms with E-state index in [1.807, 2.05) is 0 Å². The predicted molar refractivity (Wildman–Crippen MR) is 81.1 cm³/mol. The lowest BCUT2D eigenvalue weighted by Gasteiger charge is -2.19. The van der Waals surface area contributed by atoms with Gasteiger partial charge in [0.25, 0.3) is 0 Å². The molecular formula is C17H29N. The Morgan fingerprint density at radius 2 is 1.83 bits per heavy atom. The molecule has 0 fully saturated rings. The van der Waals surface area contributed by atoms with Crippen molar-refractivity contribution in [3.63, 3.8) is 0 Å². The van der Waals surface area contributed by atoms with Crippen LogP contribution in [0.2, 0.25) is 0 Å². The molecule has 1 aromatic carbocycles. The lowest BCUT2D eigenvalue weighted by molar-refractivity contribution is 0.462. The molecule has 0 aliphatic rings. The van der Waals surface area contributed by atoms with Crippen LogP contribution in [0.15, 0.2) is 24.3 Å². The molecule has 0 heterocycles. The zero-order valence-corrected chi connectivity index (χ0v) is 12.3. The smallest absolute Gasteiger partial charge is 0.0107 e. The maximum atomic E-state index is 3.64. The molecule has 1 heteroatoms. The Morgan fingerprint density at radius 3 is 2.50 bits per heavy atom.